The van der Waals surface area contributed by atoms with E-state index in [2.05, 4.69) is 4.98 Å². The molecular formula is C23H21ClN2O2. The maximum Gasteiger partial charge on any atom is 0.253 e. The van der Waals surface area contributed by atoms with E-state index in [1.165, 1.54) is 0 Å². The third-order valence-electron chi connectivity index (χ3n) is 5.38. The largest absolute Gasteiger partial charge is 0.338 e. The number of carbonyl (C=O) groups is 2. The van der Waals surface area contributed by atoms with E-state index in [1.54, 1.807) is 23.2 Å². The quantitative estimate of drug-likeness (QED) is 0.593. The van der Waals surface area contributed by atoms with Gasteiger partial charge in [0.15, 0.2) is 5.78 Å². The molecule has 1 aliphatic rings. The van der Waals surface area contributed by atoms with Crippen molar-refractivity contribution in [1.82, 2.24) is 9.88 Å². The summed E-state index contributed by atoms with van der Waals surface area (Å²) in [5.74, 6) is -0.120. The molecule has 0 aliphatic carbocycles. The Hall–Kier alpha value is -2.72. The van der Waals surface area contributed by atoms with Gasteiger partial charge in [-0.05, 0) is 67.8 Å². The summed E-state index contributed by atoms with van der Waals surface area (Å²) in [5.41, 5.74) is 3.07. The molecule has 2 heterocycles. The number of benzene rings is 2. The fraction of sp³-hybridized carbons (Fsp3) is 0.261. The number of piperidine rings is 1. The van der Waals surface area contributed by atoms with Crippen molar-refractivity contribution in [2.45, 2.75) is 19.8 Å². The van der Waals surface area contributed by atoms with Crippen LogP contribution in [0, 0.1) is 12.8 Å². The normalized spacial score (nSPS) is 16.9. The van der Waals surface area contributed by atoms with Crippen molar-refractivity contribution in [3.63, 3.8) is 0 Å². The molecule has 0 unspecified atom stereocenters. The smallest absolute Gasteiger partial charge is 0.253 e. The molecule has 0 radical (unpaired) electrons. The Morgan fingerprint density at radius 1 is 1.14 bits per heavy atom. The molecule has 1 saturated heterocycles. The van der Waals surface area contributed by atoms with Crippen LogP contribution in [0.25, 0.3) is 10.9 Å². The summed E-state index contributed by atoms with van der Waals surface area (Å²) in [6.45, 7) is 3.02. The highest BCUT2D eigenvalue weighted by Gasteiger charge is 2.30. The van der Waals surface area contributed by atoms with E-state index in [0.29, 0.717) is 29.2 Å². The molecule has 1 aromatic heterocycles. The fourth-order valence-corrected chi connectivity index (χ4v) is 4.12. The number of nitrogens with zero attached hydrogens (tertiary/aromatic N) is 2. The van der Waals surface area contributed by atoms with Gasteiger partial charge >= 0.3 is 0 Å². The molecule has 1 fully saturated rings. The summed E-state index contributed by atoms with van der Waals surface area (Å²) in [4.78, 5) is 32.2. The van der Waals surface area contributed by atoms with Crippen molar-refractivity contribution in [2.24, 2.45) is 5.92 Å². The Morgan fingerprint density at radius 3 is 2.82 bits per heavy atom. The Kier molecular flexibility index (Phi) is 5.14. The minimum absolute atomic E-state index is 0.0314. The van der Waals surface area contributed by atoms with Crippen LogP contribution in [0.15, 0.2) is 54.7 Å². The third kappa shape index (κ3) is 3.65. The Bertz CT molecular complexity index is 1060. The zero-order valence-corrected chi connectivity index (χ0v) is 16.4. The number of ketones is 1. The van der Waals surface area contributed by atoms with E-state index in [1.807, 2.05) is 43.3 Å². The van der Waals surface area contributed by atoms with Crippen LogP contribution < -0.4 is 0 Å². The highest BCUT2D eigenvalue weighted by Crippen LogP contribution is 2.25. The summed E-state index contributed by atoms with van der Waals surface area (Å²) >= 11 is 6.01. The summed E-state index contributed by atoms with van der Waals surface area (Å²) in [5, 5.41) is 1.56. The second-order valence-electron chi connectivity index (χ2n) is 7.32. The van der Waals surface area contributed by atoms with E-state index >= 15 is 0 Å². The topological polar surface area (TPSA) is 50.3 Å². The van der Waals surface area contributed by atoms with Gasteiger partial charge in [-0.25, -0.2) is 0 Å². The number of Topliss-reactive ketones (excluding diaryl/α,β-unsaturated/α-hetero) is 1. The second-order valence-corrected chi connectivity index (χ2v) is 7.76. The number of amides is 1. The number of hydrogen-bond donors (Lipinski definition) is 0. The van der Waals surface area contributed by atoms with E-state index in [0.717, 1.165) is 29.3 Å². The lowest BCUT2D eigenvalue weighted by Gasteiger charge is -2.32. The van der Waals surface area contributed by atoms with E-state index in [4.69, 9.17) is 11.6 Å². The first-order valence-corrected chi connectivity index (χ1v) is 9.85. The van der Waals surface area contributed by atoms with Crippen molar-refractivity contribution >= 4 is 34.2 Å². The van der Waals surface area contributed by atoms with Gasteiger partial charge in [0.25, 0.3) is 5.91 Å². The second kappa shape index (κ2) is 7.72. The molecule has 0 saturated carbocycles. The average Bonchev–Trinajstić information content (AvgIpc) is 2.72. The van der Waals surface area contributed by atoms with Gasteiger partial charge in [-0.15, -0.1) is 0 Å². The highest BCUT2D eigenvalue weighted by molar-refractivity contribution is 6.30. The van der Waals surface area contributed by atoms with Crippen molar-refractivity contribution in [3.05, 3.63) is 76.4 Å². The minimum atomic E-state index is -0.181. The molecule has 1 atom stereocenters. The van der Waals surface area contributed by atoms with Crippen molar-refractivity contribution in [2.75, 3.05) is 13.1 Å². The molecular weight excluding hydrogens is 372 g/mol. The average molecular weight is 393 g/mol. The molecule has 28 heavy (non-hydrogen) atoms. The number of aryl methyl sites for hydroxylation is 1. The van der Waals surface area contributed by atoms with Crippen LogP contribution in [0.4, 0.5) is 0 Å². The van der Waals surface area contributed by atoms with Crippen molar-refractivity contribution in [1.29, 1.82) is 0 Å². The Labute approximate surface area is 169 Å². The maximum absolute atomic E-state index is 13.0. The van der Waals surface area contributed by atoms with E-state index in [9.17, 15) is 9.59 Å². The van der Waals surface area contributed by atoms with Gasteiger partial charge in [0, 0.05) is 46.7 Å². The molecule has 0 N–H and O–H groups in total. The molecule has 3 aromatic rings. The molecule has 2 aromatic carbocycles. The van der Waals surface area contributed by atoms with E-state index in [-0.39, 0.29) is 17.6 Å². The van der Waals surface area contributed by atoms with Crippen LogP contribution in [-0.2, 0) is 0 Å². The lowest BCUT2D eigenvalue weighted by Crippen LogP contribution is -2.42. The van der Waals surface area contributed by atoms with Crippen LogP contribution in [0.1, 0.15) is 39.1 Å². The number of pyridine rings is 1. The third-order valence-corrected chi connectivity index (χ3v) is 5.62. The summed E-state index contributed by atoms with van der Waals surface area (Å²) in [7, 11) is 0. The van der Waals surface area contributed by atoms with Gasteiger partial charge in [0.1, 0.15) is 0 Å². The molecule has 1 aliphatic heterocycles. The van der Waals surface area contributed by atoms with Crippen molar-refractivity contribution < 1.29 is 9.59 Å². The predicted molar refractivity (Wildman–Crippen MR) is 111 cm³/mol. The first kappa shape index (κ1) is 18.6. The molecule has 0 bridgehead atoms. The van der Waals surface area contributed by atoms with Gasteiger partial charge < -0.3 is 4.90 Å². The van der Waals surface area contributed by atoms with Gasteiger partial charge in [-0.3, -0.25) is 14.6 Å². The summed E-state index contributed by atoms with van der Waals surface area (Å²) < 4.78 is 0. The van der Waals surface area contributed by atoms with Crippen molar-refractivity contribution in [3.8, 4) is 0 Å². The summed E-state index contributed by atoms with van der Waals surface area (Å²) in [6, 6.07) is 14.7. The zero-order valence-electron chi connectivity index (χ0n) is 15.7. The molecule has 5 heteroatoms. The number of likely N-dealkylation sites (tertiary alicyclic amines) is 1. The highest BCUT2D eigenvalue weighted by atomic mass is 35.5. The maximum atomic E-state index is 13.0. The van der Waals surface area contributed by atoms with Crippen LogP contribution in [-0.4, -0.2) is 34.7 Å². The number of rotatable bonds is 3. The zero-order chi connectivity index (χ0) is 19.7. The number of carbonyl (C=O) groups excluding carboxylic acids is 2. The Morgan fingerprint density at radius 2 is 2.00 bits per heavy atom. The lowest BCUT2D eigenvalue weighted by molar-refractivity contribution is 0.0637. The van der Waals surface area contributed by atoms with Crippen LogP contribution >= 0.6 is 11.6 Å². The number of fused-ring (bicyclic) bond motifs is 1. The number of aromatic nitrogens is 1. The SMILES string of the molecule is Cc1cc(Cl)ccc1C(=O)[C@H]1CCCN(C(=O)c2ccc3ncccc3c2)C1. The van der Waals surface area contributed by atoms with E-state index < -0.39 is 0 Å². The Balaban J connectivity index is 1.54. The standard InChI is InChI=1S/C23H21ClN2O2/c1-15-12-19(24)7-8-20(15)22(27)18-5-3-11-26(14-18)23(28)17-6-9-21-16(13-17)4-2-10-25-21/h2,4,6-10,12-13,18H,3,5,11,14H2,1H3/t18-/m0/s1. The molecule has 1 amide bonds. The molecule has 4 nitrogen and oxygen atoms in total. The number of halogens is 1. The lowest BCUT2D eigenvalue weighted by atomic mass is 9.88. The predicted octanol–water partition coefficient (Wildman–Crippen LogP) is 4.93. The first-order chi connectivity index (χ1) is 13.5. The summed E-state index contributed by atoms with van der Waals surface area (Å²) in [6.07, 6.45) is 3.36. The van der Waals surface area contributed by atoms with Crippen LogP contribution in [0.3, 0.4) is 0 Å². The van der Waals surface area contributed by atoms with Gasteiger partial charge in [-0.2, -0.15) is 0 Å². The van der Waals surface area contributed by atoms with Gasteiger partial charge in [0.05, 0.1) is 5.52 Å². The number of hydrogen-bond acceptors (Lipinski definition) is 3. The van der Waals surface area contributed by atoms with Crippen LogP contribution in [0.5, 0.6) is 0 Å². The minimum Gasteiger partial charge on any atom is -0.338 e. The van der Waals surface area contributed by atoms with Crippen LogP contribution in [0.2, 0.25) is 5.02 Å². The van der Waals surface area contributed by atoms with Gasteiger partial charge in [0.2, 0.25) is 0 Å². The first-order valence-electron chi connectivity index (χ1n) is 9.47. The molecule has 142 valence electrons. The fourth-order valence-electron chi connectivity index (χ4n) is 3.89. The molecule has 0 spiro atoms. The van der Waals surface area contributed by atoms with Gasteiger partial charge in [-0.1, -0.05) is 17.7 Å². The molecule has 4 rings (SSSR count). The monoisotopic (exact) mass is 392 g/mol.